The highest BCUT2D eigenvalue weighted by Gasteiger charge is 2.12. The van der Waals surface area contributed by atoms with E-state index in [2.05, 4.69) is 50.2 Å². The quantitative estimate of drug-likeness (QED) is 0.749. The van der Waals surface area contributed by atoms with E-state index in [0.717, 1.165) is 34.5 Å². The summed E-state index contributed by atoms with van der Waals surface area (Å²) in [6.45, 7) is 5.04. The average Bonchev–Trinajstić information content (AvgIpc) is 3.17. The molecule has 0 aliphatic carbocycles. The van der Waals surface area contributed by atoms with Crippen LogP contribution in [-0.4, -0.2) is 26.4 Å². The van der Waals surface area contributed by atoms with Gasteiger partial charge >= 0.3 is 0 Å². The number of nitrogens with zero attached hydrogens (tertiary/aromatic N) is 4. The second-order valence-electron chi connectivity index (χ2n) is 6.06. The van der Waals surface area contributed by atoms with Crippen molar-refractivity contribution in [3.8, 4) is 11.3 Å². The number of hydrogen-bond acceptors (Lipinski definition) is 5. The second-order valence-corrected chi connectivity index (χ2v) is 6.79. The molecule has 3 aromatic rings. The number of hydrogen-bond donors (Lipinski definition) is 1. The second kappa shape index (κ2) is 6.91. The number of aromatic nitrogens is 4. The summed E-state index contributed by atoms with van der Waals surface area (Å²) in [6.07, 6.45) is 2.80. The molecule has 0 amide bonds. The van der Waals surface area contributed by atoms with Crippen LogP contribution in [0.25, 0.3) is 11.3 Å². The standard InChI is InChI=1S/C17H21N5S/c1-12(2)9-15-20-17(23-21-15)22(3)11-16-18-10-14(19-16)13-7-5-4-6-8-13/h4-8,10,12H,9,11H2,1-3H3,(H,18,19). The van der Waals surface area contributed by atoms with Gasteiger partial charge in [0.25, 0.3) is 0 Å². The molecule has 0 saturated heterocycles. The van der Waals surface area contributed by atoms with Crippen LogP contribution in [-0.2, 0) is 13.0 Å². The van der Waals surface area contributed by atoms with E-state index >= 15 is 0 Å². The molecule has 0 saturated carbocycles. The Morgan fingerprint density at radius 3 is 2.74 bits per heavy atom. The third-order valence-electron chi connectivity index (χ3n) is 3.47. The normalized spacial score (nSPS) is 11.1. The van der Waals surface area contributed by atoms with E-state index in [4.69, 9.17) is 0 Å². The molecule has 0 spiro atoms. The van der Waals surface area contributed by atoms with Gasteiger partial charge in [0.15, 0.2) is 0 Å². The first-order valence-corrected chi connectivity index (χ1v) is 8.52. The van der Waals surface area contributed by atoms with Crippen LogP contribution < -0.4 is 4.90 Å². The Hall–Kier alpha value is -2.21. The molecule has 0 aliphatic heterocycles. The van der Waals surface area contributed by atoms with Crippen LogP contribution in [0.2, 0.25) is 0 Å². The summed E-state index contributed by atoms with van der Waals surface area (Å²) >= 11 is 1.45. The third kappa shape index (κ3) is 3.96. The zero-order valence-corrected chi connectivity index (χ0v) is 14.5. The SMILES string of the molecule is CC(C)Cc1nsc(N(C)Cc2ncc(-c3ccccc3)[nH]2)n1. The lowest BCUT2D eigenvalue weighted by Crippen LogP contribution is -2.17. The Morgan fingerprint density at radius 2 is 2.00 bits per heavy atom. The van der Waals surface area contributed by atoms with Gasteiger partial charge in [0, 0.05) is 25.0 Å². The molecule has 6 heteroatoms. The maximum absolute atomic E-state index is 4.60. The summed E-state index contributed by atoms with van der Waals surface area (Å²) in [6, 6.07) is 10.2. The molecule has 3 rings (SSSR count). The maximum atomic E-state index is 4.60. The smallest absolute Gasteiger partial charge is 0.205 e. The molecule has 0 fully saturated rings. The summed E-state index contributed by atoms with van der Waals surface area (Å²) in [5, 5.41) is 0.929. The van der Waals surface area contributed by atoms with E-state index in [1.807, 2.05) is 31.4 Å². The van der Waals surface area contributed by atoms with Crippen molar-refractivity contribution < 1.29 is 0 Å². The van der Waals surface area contributed by atoms with Crippen LogP contribution in [0.3, 0.4) is 0 Å². The summed E-state index contributed by atoms with van der Waals surface area (Å²) in [7, 11) is 2.02. The van der Waals surface area contributed by atoms with E-state index in [1.54, 1.807) is 0 Å². The van der Waals surface area contributed by atoms with Gasteiger partial charge in [-0.3, -0.25) is 0 Å². The molecule has 23 heavy (non-hydrogen) atoms. The monoisotopic (exact) mass is 327 g/mol. The minimum absolute atomic E-state index is 0.571. The van der Waals surface area contributed by atoms with Gasteiger partial charge in [-0.2, -0.15) is 4.37 Å². The molecule has 1 N–H and O–H groups in total. The molecule has 0 aliphatic rings. The van der Waals surface area contributed by atoms with Gasteiger partial charge in [-0.05, 0) is 11.5 Å². The molecule has 1 aromatic carbocycles. The van der Waals surface area contributed by atoms with Crippen molar-refractivity contribution in [1.82, 2.24) is 19.3 Å². The van der Waals surface area contributed by atoms with Gasteiger partial charge in [0.1, 0.15) is 11.6 Å². The molecule has 2 aromatic heterocycles. The third-order valence-corrected chi connectivity index (χ3v) is 4.34. The number of rotatable bonds is 6. The van der Waals surface area contributed by atoms with Gasteiger partial charge in [0.05, 0.1) is 18.4 Å². The van der Waals surface area contributed by atoms with Crippen molar-refractivity contribution in [3.05, 3.63) is 48.2 Å². The topological polar surface area (TPSA) is 57.7 Å². The molecule has 5 nitrogen and oxygen atoms in total. The summed E-state index contributed by atoms with van der Waals surface area (Å²) in [5.41, 5.74) is 2.18. The molecule has 0 unspecified atom stereocenters. The number of aromatic amines is 1. The van der Waals surface area contributed by atoms with Crippen molar-refractivity contribution in [2.75, 3.05) is 11.9 Å². The van der Waals surface area contributed by atoms with Crippen LogP contribution in [0.15, 0.2) is 36.5 Å². The van der Waals surface area contributed by atoms with Crippen LogP contribution in [0.4, 0.5) is 5.13 Å². The zero-order chi connectivity index (χ0) is 16.2. The lowest BCUT2D eigenvalue weighted by atomic mass is 10.1. The number of H-pyrrole nitrogens is 1. The largest absolute Gasteiger partial charge is 0.342 e. The van der Waals surface area contributed by atoms with Crippen molar-refractivity contribution in [2.24, 2.45) is 5.92 Å². The van der Waals surface area contributed by atoms with E-state index in [9.17, 15) is 0 Å². The maximum Gasteiger partial charge on any atom is 0.205 e. The van der Waals surface area contributed by atoms with Crippen LogP contribution in [0.5, 0.6) is 0 Å². The van der Waals surface area contributed by atoms with E-state index < -0.39 is 0 Å². The first-order valence-electron chi connectivity index (χ1n) is 7.75. The Kier molecular flexibility index (Phi) is 4.71. The summed E-state index contributed by atoms with van der Waals surface area (Å²) in [4.78, 5) is 14.5. The van der Waals surface area contributed by atoms with Crippen molar-refractivity contribution >= 4 is 16.7 Å². The minimum Gasteiger partial charge on any atom is -0.342 e. The Labute approximate surface area is 140 Å². The van der Waals surface area contributed by atoms with Crippen molar-refractivity contribution in [1.29, 1.82) is 0 Å². The number of anilines is 1. The first kappa shape index (κ1) is 15.7. The molecular formula is C17H21N5S. The predicted octanol–water partition coefficient (Wildman–Crippen LogP) is 3.76. The molecule has 0 radical (unpaired) electrons. The van der Waals surface area contributed by atoms with E-state index in [-0.39, 0.29) is 0 Å². The van der Waals surface area contributed by atoms with E-state index in [0.29, 0.717) is 12.5 Å². The summed E-state index contributed by atoms with van der Waals surface area (Å²) < 4.78 is 4.43. The fourth-order valence-electron chi connectivity index (χ4n) is 2.35. The highest BCUT2D eigenvalue weighted by molar-refractivity contribution is 7.09. The first-order chi connectivity index (χ1) is 11.1. The van der Waals surface area contributed by atoms with Gasteiger partial charge in [-0.25, -0.2) is 9.97 Å². The Bertz CT molecular complexity index is 747. The average molecular weight is 327 g/mol. The predicted molar refractivity (Wildman–Crippen MR) is 94.6 cm³/mol. The molecule has 120 valence electrons. The highest BCUT2D eigenvalue weighted by atomic mass is 32.1. The molecule has 0 atom stereocenters. The van der Waals surface area contributed by atoms with Crippen molar-refractivity contribution in [2.45, 2.75) is 26.8 Å². The zero-order valence-electron chi connectivity index (χ0n) is 13.7. The molecule has 0 bridgehead atoms. The highest BCUT2D eigenvalue weighted by Crippen LogP contribution is 2.20. The van der Waals surface area contributed by atoms with Gasteiger partial charge < -0.3 is 9.88 Å². The fourth-order valence-corrected chi connectivity index (χ4v) is 3.00. The van der Waals surface area contributed by atoms with Crippen LogP contribution >= 0.6 is 11.5 Å². The Morgan fingerprint density at radius 1 is 1.22 bits per heavy atom. The van der Waals surface area contributed by atoms with Gasteiger partial charge in [-0.15, -0.1) is 0 Å². The fraction of sp³-hybridized carbons (Fsp3) is 0.353. The number of imidazole rings is 1. The Balaban J connectivity index is 1.67. The lowest BCUT2D eigenvalue weighted by Gasteiger charge is -2.12. The van der Waals surface area contributed by atoms with Crippen LogP contribution in [0.1, 0.15) is 25.5 Å². The van der Waals surface area contributed by atoms with Gasteiger partial charge in [-0.1, -0.05) is 44.2 Å². The number of benzene rings is 1. The van der Waals surface area contributed by atoms with Crippen LogP contribution in [0, 0.1) is 5.92 Å². The molecular weight excluding hydrogens is 306 g/mol. The molecule has 2 heterocycles. The number of nitrogens with one attached hydrogen (secondary N) is 1. The lowest BCUT2D eigenvalue weighted by molar-refractivity contribution is 0.626. The summed E-state index contributed by atoms with van der Waals surface area (Å²) in [5.74, 6) is 2.42. The minimum atomic E-state index is 0.571. The van der Waals surface area contributed by atoms with Gasteiger partial charge in [0.2, 0.25) is 5.13 Å². The van der Waals surface area contributed by atoms with E-state index in [1.165, 1.54) is 11.5 Å². The van der Waals surface area contributed by atoms with Crippen molar-refractivity contribution in [3.63, 3.8) is 0 Å².